The van der Waals surface area contributed by atoms with Crippen LogP contribution < -0.4 is 60.6 Å². The van der Waals surface area contributed by atoms with Crippen LogP contribution in [0, 0.1) is 0 Å². The van der Waals surface area contributed by atoms with Gasteiger partial charge in [-0.1, -0.05) is 129 Å². The Morgan fingerprint density at radius 3 is 1.03 bits per heavy atom. The molecule has 0 spiro atoms. The van der Waals surface area contributed by atoms with Gasteiger partial charge in [-0.25, -0.2) is 0 Å². The highest BCUT2D eigenvalue weighted by Crippen LogP contribution is 2.13. The number of carbonyl (C=O) groups excluding carboxylic acids is 7. The van der Waals surface area contributed by atoms with Gasteiger partial charge in [0.2, 0.25) is 41.4 Å². The summed E-state index contributed by atoms with van der Waals surface area (Å²) in [6.07, 6.45) is 27.9. The lowest BCUT2D eigenvalue weighted by Gasteiger charge is -2.27. The first-order chi connectivity index (χ1) is 34.8. The van der Waals surface area contributed by atoms with E-state index in [4.69, 9.17) is 28.7 Å². The number of unbranched alkanes of at least 4 members (excludes halogenated alkanes) is 21. The summed E-state index contributed by atoms with van der Waals surface area (Å²) in [6, 6.07) is -5.39. The zero-order chi connectivity index (χ0) is 53.5. The quantitative estimate of drug-likeness (QED) is 0.0370. The van der Waals surface area contributed by atoms with Gasteiger partial charge in [0, 0.05) is 24.6 Å². The van der Waals surface area contributed by atoms with Crippen molar-refractivity contribution >= 4 is 64.9 Å². The number of amides is 7. The van der Waals surface area contributed by atoms with Crippen LogP contribution in [0.3, 0.4) is 0 Å². The Hall–Kier alpha value is -3.17. The van der Waals surface area contributed by atoms with Crippen molar-refractivity contribution in [1.82, 2.24) is 31.9 Å². The Kier molecular flexibility index (Phi) is 46.6. The number of hydrogen-bond acceptors (Lipinski definition) is 13. The van der Waals surface area contributed by atoms with Crippen molar-refractivity contribution in [3.63, 3.8) is 0 Å². The normalized spacial score (nSPS) is 13.3. The molecule has 16 N–H and O–H groups in total. The Labute approximate surface area is 443 Å². The van der Waals surface area contributed by atoms with Gasteiger partial charge in [-0.3, -0.25) is 33.6 Å². The topological polar surface area (TPSA) is 322 Å². The summed E-state index contributed by atoms with van der Waals surface area (Å²) in [6.45, 7) is 6.71. The lowest BCUT2D eigenvalue weighted by molar-refractivity contribution is -0.134. The van der Waals surface area contributed by atoms with Gasteiger partial charge in [0.1, 0.15) is 24.2 Å². The van der Waals surface area contributed by atoms with Crippen molar-refractivity contribution in [1.29, 1.82) is 0 Å². The van der Waals surface area contributed by atoms with Crippen LogP contribution in [-0.4, -0.2) is 127 Å². The highest BCUT2D eigenvalue weighted by atomic mass is 32.2. The summed E-state index contributed by atoms with van der Waals surface area (Å²) in [5.41, 5.74) is 29.2. The fourth-order valence-corrected chi connectivity index (χ4v) is 9.68. The second-order valence-electron chi connectivity index (χ2n) is 19.2. The van der Waals surface area contributed by atoms with Crippen LogP contribution in [0.2, 0.25) is 0 Å². The average molecular weight is 1060 g/mol. The predicted octanol–water partition coefficient (Wildman–Crippen LogP) is 4.67. The average Bonchev–Trinajstić information content (AvgIpc) is 3.35. The first-order valence-electron chi connectivity index (χ1n) is 27.9. The summed E-state index contributed by atoms with van der Waals surface area (Å²) in [4.78, 5) is 92.5. The molecule has 0 fully saturated rings. The number of rotatable bonds is 51. The highest BCUT2D eigenvalue weighted by Gasteiger charge is 2.31. The molecule has 0 saturated heterocycles. The maximum atomic E-state index is 14.0. The van der Waals surface area contributed by atoms with E-state index < -0.39 is 59.7 Å². The van der Waals surface area contributed by atoms with Gasteiger partial charge >= 0.3 is 0 Å². The molecule has 0 bridgehead atoms. The molecule has 0 saturated carbocycles. The van der Waals surface area contributed by atoms with Crippen molar-refractivity contribution in [3.8, 4) is 0 Å². The molecule has 18 nitrogen and oxygen atoms in total. The Bertz CT molecular complexity index is 1440. The summed E-state index contributed by atoms with van der Waals surface area (Å²) in [5, 5.41) is 16.8. The molecular weight excluding hydrogens is 955 g/mol. The summed E-state index contributed by atoms with van der Waals surface area (Å²) in [7, 11) is 0. The molecule has 0 radical (unpaired) electrons. The smallest absolute Gasteiger partial charge is 0.243 e. The van der Waals surface area contributed by atoms with E-state index in [1.807, 2.05) is 0 Å². The number of hydrogen-bond donors (Lipinski definition) is 11. The molecule has 0 aliphatic carbocycles. The first kappa shape index (κ1) is 68.8. The lowest BCUT2D eigenvalue weighted by atomic mass is 10.0. The number of thioether (sulfide) groups is 2. The maximum absolute atomic E-state index is 14.0. The van der Waals surface area contributed by atoms with E-state index in [9.17, 15) is 33.6 Å². The monoisotopic (exact) mass is 1060 g/mol. The Morgan fingerprint density at radius 1 is 0.389 bits per heavy atom. The van der Waals surface area contributed by atoms with Gasteiger partial charge in [0.05, 0.1) is 17.5 Å². The molecule has 0 aromatic heterocycles. The molecule has 5 atom stereocenters. The Balaban J connectivity index is 5.37. The third kappa shape index (κ3) is 39.3. The van der Waals surface area contributed by atoms with Crippen molar-refractivity contribution in [3.05, 3.63) is 0 Å². The van der Waals surface area contributed by atoms with Crippen LogP contribution in [0.5, 0.6) is 0 Å². The lowest BCUT2D eigenvalue weighted by Crippen LogP contribution is -2.59. The molecule has 0 unspecified atom stereocenters. The molecule has 0 aromatic rings. The predicted molar refractivity (Wildman–Crippen MR) is 298 cm³/mol. The van der Waals surface area contributed by atoms with Gasteiger partial charge in [0.15, 0.2) is 0 Å². The van der Waals surface area contributed by atoms with Crippen LogP contribution in [0.15, 0.2) is 0 Å². The van der Waals surface area contributed by atoms with E-state index in [0.29, 0.717) is 71.2 Å². The highest BCUT2D eigenvalue weighted by molar-refractivity contribution is 8.00. The van der Waals surface area contributed by atoms with E-state index in [1.165, 1.54) is 113 Å². The second-order valence-corrected chi connectivity index (χ2v) is 21.3. The second kappa shape index (κ2) is 48.8. The molecule has 7 amide bonds. The zero-order valence-electron chi connectivity index (χ0n) is 44.8. The van der Waals surface area contributed by atoms with Gasteiger partial charge in [-0.15, -0.1) is 23.5 Å². The first-order valence-corrected chi connectivity index (χ1v) is 30.2. The Morgan fingerprint density at radius 2 is 0.694 bits per heavy atom. The molecule has 0 aliphatic heterocycles. The molecule has 72 heavy (non-hydrogen) atoms. The van der Waals surface area contributed by atoms with E-state index in [0.717, 1.165) is 38.5 Å². The van der Waals surface area contributed by atoms with Crippen molar-refractivity contribution in [2.45, 2.75) is 230 Å². The minimum Gasteiger partial charge on any atom is -0.368 e. The minimum atomic E-state index is -1.12. The van der Waals surface area contributed by atoms with Crippen LogP contribution in [-0.2, 0) is 33.6 Å². The minimum absolute atomic E-state index is 0.0441. The van der Waals surface area contributed by atoms with Gasteiger partial charge in [0.25, 0.3) is 0 Å². The molecule has 0 rings (SSSR count). The molecular formula is C52H103N11O7S2. The van der Waals surface area contributed by atoms with Crippen LogP contribution in [0.25, 0.3) is 0 Å². The number of nitrogens with two attached hydrogens (primary N) is 5. The van der Waals surface area contributed by atoms with Crippen molar-refractivity contribution in [2.24, 2.45) is 28.7 Å². The van der Waals surface area contributed by atoms with E-state index in [-0.39, 0.29) is 54.1 Å². The largest absolute Gasteiger partial charge is 0.368 e. The van der Waals surface area contributed by atoms with Crippen LogP contribution in [0.1, 0.15) is 200 Å². The van der Waals surface area contributed by atoms with Crippen LogP contribution >= 0.6 is 23.5 Å². The molecule has 0 heterocycles. The van der Waals surface area contributed by atoms with E-state index in [1.54, 1.807) is 0 Å². The molecule has 0 aliphatic rings. The standard InChI is InChI=1S/C52H103N11O7S2/c1-3-5-7-9-11-13-15-17-19-27-35-58-46(64)39-71-37-41(56)49(67)60-42(29-21-24-32-53)50(68)61-43(30-22-25-33-54)51(69)62-44(31-23-26-34-55)52(70)63-45(48(57)66)38-72-40-47(65)59-36-28-20-18-16-14-12-10-8-6-4-2/h41-45H,3-40,53-56H2,1-2H3,(H2,57,66)(H,58,64)(H,59,65)(H,60,67)(H,61,68)(H,62,69)(H,63,70)/t41-,42-,43-,44-,45-/m0/s1. The SMILES string of the molecule is CCCCCCCCCCCCNC(=O)CSC[C@H](NC(=O)[C@H](CCCCN)NC(=O)[C@H](CCCCN)NC(=O)[C@H](CCCCN)NC(=O)[C@@H](N)CSCC(=O)NCCCCCCCCCCCC)C(N)=O. The third-order valence-corrected chi connectivity index (χ3v) is 14.6. The molecule has 0 aromatic carbocycles. The fraction of sp³-hybridized carbons (Fsp3) is 0.865. The van der Waals surface area contributed by atoms with Gasteiger partial charge in [-0.05, 0) is 90.3 Å². The molecule has 20 heteroatoms. The van der Waals surface area contributed by atoms with E-state index in [2.05, 4.69) is 45.7 Å². The summed E-state index contributed by atoms with van der Waals surface area (Å²) in [5.74, 6) is -3.14. The number of nitrogens with one attached hydrogen (secondary N) is 6. The van der Waals surface area contributed by atoms with Gasteiger partial charge < -0.3 is 60.6 Å². The molecule has 420 valence electrons. The van der Waals surface area contributed by atoms with Crippen LogP contribution in [0.4, 0.5) is 0 Å². The summed E-state index contributed by atoms with van der Waals surface area (Å²) < 4.78 is 0. The van der Waals surface area contributed by atoms with Gasteiger partial charge in [-0.2, -0.15) is 0 Å². The van der Waals surface area contributed by atoms with E-state index >= 15 is 0 Å². The zero-order valence-corrected chi connectivity index (χ0v) is 46.5. The number of primary amides is 1. The number of carbonyl (C=O) groups is 7. The van der Waals surface area contributed by atoms with Crippen molar-refractivity contribution in [2.75, 3.05) is 55.7 Å². The maximum Gasteiger partial charge on any atom is 0.243 e. The summed E-state index contributed by atoms with van der Waals surface area (Å²) >= 11 is 2.40. The van der Waals surface area contributed by atoms with Crippen molar-refractivity contribution < 1.29 is 33.6 Å². The third-order valence-electron chi connectivity index (χ3n) is 12.5. The fourth-order valence-electron chi connectivity index (χ4n) is 7.98.